The number of rotatable bonds is 3. The zero-order chi connectivity index (χ0) is 18.0. The molecule has 2 amide bonds. The Morgan fingerprint density at radius 3 is 2.24 bits per heavy atom. The molecular weight excluding hydrogens is 333 g/mol. The minimum Gasteiger partial charge on any atom is -0.354 e. The average molecular weight is 348 g/mol. The molecule has 1 aliphatic rings. The van der Waals surface area contributed by atoms with Gasteiger partial charge in [-0.3, -0.25) is 9.59 Å². The van der Waals surface area contributed by atoms with Crippen molar-refractivity contribution in [2.45, 2.75) is 18.9 Å². The molecule has 1 fully saturated rings. The van der Waals surface area contributed by atoms with Crippen LogP contribution in [0.5, 0.6) is 0 Å². The minimum atomic E-state index is -1.51. The Bertz CT molecular complexity index is 789. The first-order valence-electron chi connectivity index (χ1n) is 7.76. The second-order valence-corrected chi connectivity index (χ2v) is 5.84. The molecule has 25 heavy (non-hydrogen) atoms. The normalized spacial score (nSPS) is 17.1. The molecule has 2 N–H and O–H groups in total. The Morgan fingerprint density at radius 1 is 1.04 bits per heavy atom. The van der Waals surface area contributed by atoms with Crippen molar-refractivity contribution < 1.29 is 22.8 Å². The first-order valence-corrected chi connectivity index (χ1v) is 7.76. The third kappa shape index (κ3) is 3.81. The van der Waals surface area contributed by atoms with Crippen molar-refractivity contribution in [3.05, 3.63) is 59.4 Å². The van der Waals surface area contributed by atoms with Crippen molar-refractivity contribution in [1.29, 1.82) is 0 Å². The molecule has 0 unspecified atom stereocenters. The van der Waals surface area contributed by atoms with E-state index in [0.29, 0.717) is 30.5 Å². The van der Waals surface area contributed by atoms with Crippen LogP contribution in [0, 0.1) is 17.5 Å². The van der Waals surface area contributed by atoms with Gasteiger partial charge in [0.1, 0.15) is 0 Å². The second-order valence-electron chi connectivity index (χ2n) is 5.84. The Kier molecular flexibility index (Phi) is 4.74. The molecule has 2 aromatic rings. The number of piperidine rings is 1. The van der Waals surface area contributed by atoms with E-state index in [4.69, 9.17) is 0 Å². The zero-order valence-corrected chi connectivity index (χ0v) is 13.1. The molecular formula is C18H15F3N2O2. The molecule has 0 saturated carbocycles. The minimum absolute atomic E-state index is 0.0337. The third-order valence-corrected chi connectivity index (χ3v) is 4.06. The van der Waals surface area contributed by atoms with E-state index in [1.165, 1.54) is 24.3 Å². The fraction of sp³-hybridized carbons (Fsp3) is 0.222. The fourth-order valence-corrected chi connectivity index (χ4v) is 2.66. The van der Waals surface area contributed by atoms with E-state index in [2.05, 4.69) is 10.6 Å². The van der Waals surface area contributed by atoms with E-state index >= 15 is 0 Å². The highest BCUT2D eigenvalue weighted by molar-refractivity contribution is 5.95. The summed E-state index contributed by atoms with van der Waals surface area (Å²) < 4.78 is 39.6. The van der Waals surface area contributed by atoms with Crippen molar-refractivity contribution in [2.75, 3.05) is 6.54 Å². The van der Waals surface area contributed by atoms with Crippen LogP contribution in [0.1, 0.15) is 23.2 Å². The van der Waals surface area contributed by atoms with E-state index in [-0.39, 0.29) is 23.4 Å². The van der Waals surface area contributed by atoms with Gasteiger partial charge in [0.25, 0.3) is 5.91 Å². The summed E-state index contributed by atoms with van der Waals surface area (Å²) in [5, 5.41) is 5.50. The number of hydrogen-bond acceptors (Lipinski definition) is 2. The van der Waals surface area contributed by atoms with Gasteiger partial charge < -0.3 is 10.6 Å². The van der Waals surface area contributed by atoms with Crippen LogP contribution in [0.4, 0.5) is 13.2 Å². The highest BCUT2D eigenvalue weighted by Gasteiger charge is 2.20. The van der Waals surface area contributed by atoms with E-state index in [9.17, 15) is 22.8 Å². The molecule has 2 aromatic carbocycles. The quantitative estimate of drug-likeness (QED) is 0.838. The lowest BCUT2D eigenvalue weighted by atomic mass is 10.0. The van der Waals surface area contributed by atoms with Gasteiger partial charge >= 0.3 is 0 Å². The molecule has 0 radical (unpaired) electrons. The monoisotopic (exact) mass is 348 g/mol. The Morgan fingerprint density at radius 2 is 1.68 bits per heavy atom. The molecule has 130 valence electrons. The molecule has 7 heteroatoms. The smallest absolute Gasteiger partial charge is 0.251 e. The lowest BCUT2D eigenvalue weighted by Gasteiger charge is -2.23. The largest absolute Gasteiger partial charge is 0.354 e. The van der Waals surface area contributed by atoms with E-state index < -0.39 is 17.5 Å². The first kappa shape index (κ1) is 17.0. The highest BCUT2D eigenvalue weighted by Crippen LogP contribution is 2.24. The molecule has 4 nitrogen and oxygen atoms in total. The van der Waals surface area contributed by atoms with E-state index in [0.717, 1.165) is 12.1 Å². The molecule has 3 rings (SSSR count). The average Bonchev–Trinajstić information content (AvgIpc) is 2.61. The van der Waals surface area contributed by atoms with Crippen LogP contribution in [-0.2, 0) is 4.79 Å². The molecule has 1 heterocycles. The van der Waals surface area contributed by atoms with Crippen molar-refractivity contribution in [3.8, 4) is 11.1 Å². The summed E-state index contributed by atoms with van der Waals surface area (Å²) in [6.07, 6.45) is 0.940. The summed E-state index contributed by atoms with van der Waals surface area (Å²) in [4.78, 5) is 23.3. The molecule has 1 atom stereocenters. The third-order valence-electron chi connectivity index (χ3n) is 4.06. The summed E-state index contributed by atoms with van der Waals surface area (Å²) >= 11 is 0. The number of hydrogen-bond donors (Lipinski definition) is 2. The van der Waals surface area contributed by atoms with Crippen LogP contribution in [0.2, 0.25) is 0 Å². The van der Waals surface area contributed by atoms with Gasteiger partial charge in [0.2, 0.25) is 5.91 Å². The summed E-state index contributed by atoms with van der Waals surface area (Å²) in [6, 6.07) is 7.77. The van der Waals surface area contributed by atoms with Gasteiger partial charge in [-0.1, -0.05) is 12.1 Å². The van der Waals surface area contributed by atoms with Crippen LogP contribution < -0.4 is 10.6 Å². The SMILES string of the molecule is O=C1CC[C@H](NC(=O)c2ccc(-c3cc(F)c(F)c(F)c3)cc2)CN1. The number of nitrogens with one attached hydrogen (secondary N) is 2. The summed E-state index contributed by atoms with van der Waals surface area (Å²) in [5.74, 6) is -4.38. The zero-order valence-electron chi connectivity index (χ0n) is 13.1. The molecule has 0 aromatic heterocycles. The maximum Gasteiger partial charge on any atom is 0.251 e. The van der Waals surface area contributed by atoms with Crippen LogP contribution in [0.15, 0.2) is 36.4 Å². The Hall–Kier alpha value is -2.83. The van der Waals surface area contributed by atoms with Crippen molar-refractivity contribution in [2.24, 2.45) is 0 Å². The van der Waals surface area contributed by atoms with E-state index in [1.807, 2.05) is 0 Å². The summed E-state index contributed by atoms with van der Waals surface area (Å²) in [7, 11) is 0. The number of carbonyl (C=O) groups excluding carboxylic acids is 2. The van der Waals surface area contributed by atoms with Crippen molar-refractivity contribution in [3.63, 3.8) is 0 Å². The number of halogens is 3. The fourth-order valence-electron chi connectivity index (χ4n) is 2.66. The Balaban J connectivity index is 1.71. The van der Waals surface area contributed by atoms with Gasteiger partial charge in [0, 0.05) is 24.6 Å². The number of amides is 2. The van der Waals surface area contributed by atoms with Gasteiger partial charge in [0.15, 0.2) is 17.5 Å². The molecule has 0 spiro atoms. The lowest BCUT2D eigenvalue weighted by molar-refractivity contribution is -0.122. The molecule has 0 aliphatic carbocycles. The summed E-state index contributed by atoms with van der Waals surface area (Å²) in [6.45, 7) is 0.386. The Labute approximate surface area is 142 Å². The molecule has 1 saturated heterocycles. The van der Waals surface area contributed by atoms with Crippen molar-refractivity contribution in [1.82, 2.24) is 10.6 Å². The maximum atomic E-state index is 13.3. The van der Waals surface area contributed by atoms with Crippen LogP contribution in [-0.4, -0.2) is 24.4 Å². The maximum absolute atomic E-state index is 13.3. The standard InChI is InChI=1S/C18H15F3N2O2/c19-14-7-12(8-15(20)17(14)21)10-1-3-11(4-2-10)18(25)23-13-5-6-16(24)22-9-13/h1-4,7-8,13H,5-6,9H2,(H,22,24)(H,23,25)/t13-/m0/s1. The van der Waals surface area contributed by atoms with Gasteiger partial charge in [-0.15, -0.1) is 0 Å². The highest BCUT2D eigenvalue weighted by atomic mass is 19.2. The van der Waals surface area contributed by atoms with E-state index in [1.54, 1.807) is 0 Å². The molecule has 0 bridgehead atoms. The van der Waals surface area contributed by atoms with Gasteiger partial charge in [0.05, 0.1) is 0 Å². The predicted molar refractivity (Wildman–Crippen MR) is 85.2 cm³/mol. The van der Waals surface area contributed by atoms with Gasteiger partial charge in [-0.05, 0) is 41.8 Å². The van der Waals surface area contributed by atoms with Crippen LogP contribution in [0.3, 0.4) is 0 Å². The second kappa shape index (κ2) is 6.96. The predicted octanol–water partition coefficient (Wildman–Crippen LogP) is 2.78. The topological polar surface area (TPSA) is 58.2 Å². The van der Waals surface area contributed by atoms with Crippen molar-refractivity contribution >= 4 is 11.8 Å². The lowest BCUT2D eigenvalue weighted by Crippen LogP contribution is -2.47. The molecule has 1 aliphatic heterocycles. The van der Waals surface area contributed by atoms with Crippen LogP contribution >= 0.6 is 0 Å². The van der Waals surface area contributed by atoms with Gasteiger partial charge in [-0.25, -0.2) is 13.2 Å². The first-order chi connectivity index (χ1) is 11.9. The van der Waals surface area contributed by atoms with Gasteiger partial charge in [-0.2, -0.15) is 0 Å². The number of benzene rings is 2. The van der Waals surface area contributed by atoms with Crippen LogP contribution in [0.25, 0.3) is 11.1 Å². The summed E-state index contributed by atoms with van der Waals surface area (Å²) in [5.41, 5.74) is 1.02. The number of carbonyl (C=O) groups is 2.